The molecule has 0 saturated carbocycles. The van der Waals surface area contributed by atoms with Crippen molar-refractivity contribution in [1.29, 1.82) is 0 Å². The van der Waals surface area contributed by atoms with Gasteiger partial charge in [0.05, 0.1) is 29.4 Å². The second-order valence-corrected chi connectivity index (χ2v) is 12.3. The normalized spacial score (nSPS) is 15.5. The van der Waals surface area contributed by atoms with Crippen molar-refractivity contribution in [3.63, 3.8) is 0 Å². The molecule has 2 aliphatic rings. The summed E-state index contributed by atoms with van der Waals surface area (Å²) in [4.78, 5) is 38.5. The number of halogens is 2. The van der Waals surface area contributed by atoms with Crippen molar-refractivity contribution < 1.29 is 28.2 Å². The van der Waals surface area contributed by atoms with Gasteiger partial charge in [-0.2, -0.15) is 0 Å². The average molecular weight is 689 g/mol. The number of piperidine rings is 1. The highest BCUT2D eigenvalue weighted by Gasteiger charge is 2.27. The lowest BCUT2D eigenvalue weighted by molar-refractivity contribution is -0.130. The molecule has 2 saturated heterocycles. The van der Waals surface area contributed by atoms with E-state index in [4.69, 9.17) is 25.8 Å². The van der Waals surface area contributed by atoms with E-state index in [2.05, 4.69) is 32.1 Å². The van der Waals surface area contributed by atoms with E-state index in [0.717, 1.165) is 18.7 Å². The molecule has 0 atom stereocenters. The first-order valence-electron chi connectivity index (χ1n) is 16.2. The number of nitrogens with one attached hydrogen (secondary N) is 2. The Bertz CT molecular complexity index is 1800. The SMILES string of the molecule is C=CC(=O)N1CCC(C(=O)Nc2cc3c(Nc4ccc(OCc5ccc(F)cc5)c(Cl)c4)ncnc3cc2OCCN2CCOCC2)CC1. The van der Waals surface area contributed by atoms with Crippen LogP contribution in [0.5, 0.6) is 11.5 Å². The molecule has 2 aliphatic heterocycles. The van der Waals surface area contributed by atoms with Gasteiger partial charge in [-0.25, -0.2) is 14.4 Å². The van der Waals surface area contributed by atoms with Gasteiger partial charge in [0.25, 0.3) is 0 Å². The molecule has 0 bridgehead atoms. The molecule has 1 aromatic heterocycles. The number of nitrogens with zero attached hydrogens (tertiary/aromatic N) is 4. The number of carbonyl (C=O) groups is 2. The van der Waals surface area contributed by atoms with Crippen LogP contribution in [0.4, 0.5) is 21.6 Å². The summed E-state index contributed by atoms with van der Waals surface area (Å²) in [6, 6.07) is 15.0. The lowest BCUT2D eigenvalue weighted by Crippen LogP contribution is -2.40. The Morgan fingerprint density at radius 1 is 1.00 bits per heavy atom. The molecule has 2 amide bonds. The minimum atomic E-state index is -0.310. The van der Waals surface area contributed by atoms with Gasteiger partial charge in [0.2, 0.25) is 11.8 Å². The third-order valence-corrected chi connectivity index (χ3v) is 8.91. The van der Waals surface area contributed by atoms with Gasteiger partial charge in [-0.1, -0.05) is 30.3 Å². The summed E-state index contributed by atoms with van der Waals surface area (Å²) >= 11 is 6.56. The van der Waals surface area contributed by atoms with Gasteiger partial charge in [-0.05, 0) is 60.9 Å². The number of aromatic nitrogens is 2. The second kappa shape index (κ2) is 16.1. The van der Waals surface area contributed by atoms with Gasteiger partial charge in [-0.3, -0.25) is 14.5 Å². The Morgan fingerprint density at radius 3 is 2.51 bits per heavy atom. The molecule has 256 valence electrons. The molecule has 49 heavy (non-hydrogen) atoms. The zero-order valence-corrected chi connectivity index (χ0v) is 27.8. The van der Waals surface area contributed by atoms with Crippen LogP contribution in [0.1, 0.15) is 18.4 Å². The van der Waals surface area contributed by atoms with Crippen molar-refractivity contribution in [2.45, 2.75) is 19.4 Å². The summed E-state index contributed by atoms with van der Waals surface area (Å²) in [7, 11) is 0. The van der Waals surface area contributed by atoms with Crippen molar-refractivity contribution in [2.75, 3.05) is 63.2 Å². The quantitative estimate of drug-likeness (QED) is 0.178. The van der Waals surface area contributed by atoms with Crippen LogP contribution in [-0.4, -0.2) is 84.1 Å². The Labute approximate surface area is 289 Å². The topological polar surface area (TPSA) is 118 Å². The van der Waals surface area contributed by atoms with Crippen molar-refractivity contribution in [1.82, 2.24) is 19.8 Å². The van der Waals surface area contributed by atoms with E-state index in [1.807, 2.05) is 18.2 Å². The molecule has 3 heterocycles. The van der Waals surface area contributed by atoms with Crippen LogP contribution in [-0.2, 0) is 20.9 Å². The highest BCUT2D eigenvalue weighted by atomic mass is 35.5. The number of ether oxygens (including phenoxy) is 3. The number of anilines is 3. The predicted molar refractivity (Wildman–Crippen MR) is 186 cm³/mol. The molecule has 0 spiro atoms. The zero-order valence-electron chi connectivity index (χ0n) is 27.0. The van der Waals surface area contributed by atoms with Crippen LogP contribution >= 0.6 is 11.6 Å². The molecule has 13 heteroatoms. The summed E-state index contributed by atoms with van der Waals surface area (Å²) in [5, 5.41) is 7.46. The highest BCUT2D eigenvalue weighted by molar-refractivity contribution is 6.32. The van der Waals surface area contributed by atoms with E-state index in [1.54, 1.807) is 29.2 Å². The minimum Gasteiger partial charge on any atom is -0.490 e. The molecule has 0 radical (unpaired) electrons. The fraction of sp³-hybridized carbons (Fsp3) is 0.333. The molecular weight excluding hydrogens is 651 g/mol. The number of hydrogen-bond acceptors (Lipinski definition) is 9. The first-order chi connectivity index (χ1) is 23.9. The van der Waals surface area contributed by atoms with E-state index >= 15 is 0 Å². The summed E-state index contributed by atoms with van der Waals surface area (Å²) in [6.45, 7) is 8.98. The number of likely N-dealkylation sites (tertiary alicyclic amines) is 1. The van der Waals surface area contributed by atoms with Crippen molar-refractivity contribution >= 4 is 51.5 Å². The average Bonchev–Trinajstić information content (AvgIpc) is 3.12. The van der Waals surface area contributed by atoms with E-state index in [1.165, 1.54) is 24.5 Å². The third kappa shape index (κ3) is 8.83. The largest absolute Gasteiger partial charge is 0.490 e. The fourth-order valence-electron chi connectivity index (χ4n) is 5.81. The highest BCUT2D eigenvalue weighted by Crippen LogP contribution is 2.35. The van der Waals surface area contributed by atoms with Gasteiger partial charge in [-0.15, -0.1) is 0 Å². The first-order valence-corrected chi connectivity index (χ1v) is 16.6. The fourth-order valence-corrected chi connectivity index (χ4v) is 6.05. The van der Waals surface area contributed by atoms with Gasteiger partial charge >= 0.3 is 0 Å². The van der Waals surface area contributed by atoms with Crippen LogP contribution < -0.4 is 20.1 Å². The summed E-state index contributed by atoms with van der Waals surface area (Å²) in [5.74, 6) is 0.649. The molecule has 4 aromatic rings. The van der Waals surface area contributed by atoms with Crippen molar-refractivity contribution in [3.8, 4) is 11.5 Å². The van der Waals surface area contributed by atoms with Crippen LogP contribution in [0, 0.1) is 11.7 Å². The molecule has 2 fully saturated rings. The number of amides is 2. The number of benzene rings is 3. The smallest absolute Gasteiger partial charge is 0.245 e. The summed E-state index contributed by atoms with van der Waals surface area (Å²) in [6.07, 6.45) is 3.86. The lowest BCUT2D eigenvalue weighted by Gasteiger charge is -2.30. The monoisotopic (exact) mass is 688 g/mol. The first kappa shape index (κ1) is 34.1. The number of carbonyl (C=O) groups excluding carboxylic acids is 2. The van der Waals surface area contributed by atoms with Crippen molar-refractivity contribution in [3.05, 3.63) is 90.0 Å². The minimum absolute atomic E-state index is 0.127. The molecule has 0 aliphatic carbocycles. The Morgan fingerprint density at radius 2 is 1.78 bits per heavy atom. The van der Waals surface area contributed by atoms with Gasteiger partial charge < -0.3 is 29.7 Å². The lowest BCUT2D eigenvalue weighted by atomic mass is 9.95. The van der Waals surface area contributed by atoms with Gasteiger partial charge in [0.1, 0.15) is 42.7 Å². The number of hydrogen-bond donors (Lipinski definition) is 2. The molecule has 3 aromatic carbocycles. The summed E-state index contributed by atoms with van der Waals surface area (Å²) < 4.78 is 30.8. The van der Waals surface area contributed by atoms with E-state index in [9.17, 15) is 14.0 Å². The molecule has 2 N–H and O–H groups in total. The maximum atomic E-state index is 13.5. The van der Waals surface area contributed by atoms with E-state index in [-0.39, 0.29) is 30.2 Å². The summed E-state index contributed by atoms with van der Waals surface area (Å²) in [5.41, 5.74) is 2.60. The second-order valence-electron chi connectivity index (χ2n) is 11.9. The van der Waals surface area contributed by atoms with E-state index < -0.39 is 0 Å². The van der Waals surface area contributed by atoms with E-state index in [0.29, 0.717) is 96.9 Å². The predicted octanol–water partition coefficient (Wildman–Crippen LogP) is 5.82. The standard InChI is InChI=1S/C36H38ClFN6O5/c1-2-34(45)44-11-9-25(10-12-44)36(46)42-31-20-28-30(21-33(31)48-18-15-43-13-16-47-17-14-43)39-23-40-35(28)41-27-7-8-32(29(37)19-27)49-22-24-3-5-26(38)6-4-24/h2-8,19-21,23,25H,1,9-18,22H2,(H,42,46)(H,39,40,41). The van der Waals surface area contributed by atoms with Crippen LogP contribution in [0.2, 0.25) is 5.02 Å². The zero-order chi connectivity index (χ0) is 34.2. The number of fused-ring (bicyclic) bond motifs is 1. The molecule has 0 unspecified atom stereocenters. The maximum Gasteiger partial charge on any atom is 0.245 e. The Kier molecular flexibility index (Phi) is 11.2. The van der Waals surface area contributed by atoms with Gasteiger partial charge in [0.15, 0.2) is 0 Å². The molecule has 6 rings (SSSR count). The van der Waals surface area contributed by atoms with Gasteiger partial charge in [0, 0.05) is 55.8 Å². The third-order valence-electron chi connectivity index (χ3n) is 8.62. The number of morpholine rings is 1. The van der Waals surface area contributed by atoms with Crippen molar-refractivity contribution in [2.24, 2.45) is 5.92 Å². The molecular formula is C36H38ClFN6O5. The van der Waals surface area contributed by atoms with Crippen LogP contribution in [0.25, 0.3) is 10.9 Å². The Hall–Kier alpha value is -4.78. The Balaban J connectivity index is 1.20. The number of rotatable bonds is 12. The molecule has 11 nitrogen and oxygen atoms in total. The maximum absolute atomic E-state index is 13.5. The van der Waals surface area contributed by atoms with Crippen LogP contribution in [0.15, 0.2) is 73.6 Å². The van der Waals surface area contributed by atoms with Crippen LogP contribution in [0.3, 0.4) is 0 Å².